The lowest BCUT2D eigenvalue weighted by Gasteiger charge is -2.17. The van der Waals surface area contributed by atoms with E-state index in [4.69, 9.17) is 0 Å². The summed E-state index contributed by atoms with van der Waals surface area (Å²) in [6.45, 7) is 0.743. The summed E-state index contributed by atoms with van der Waals surface area (Å²) in [4.78, 5) is 13.4. The number of likely N-dealkylation sites (tertiary alicyclic amines) is 1. The normalized spacial score (nSPS) is 23.2. The van der Waals surface area contributed by atoms with Crippen molar-refractivity contribution in [3.63, 3.8) is 0 Å². The number of aliphatic hydroxyl groups is 1. The van der Waals surface area contributed by atoms with Gasteiger partial charge in [0.2, 0.25) is 5.91 Å². The van der Waals surface area contributed by atoms with Crippen LogP contribution in [0.1, 0.15) is 18.1 Å². The monoisotopic (exact) mass is 205 g/mol. The van der Waals surface area contributed by atoms with E-state index < -0.39 is 6.10 Å². The van der Waals surface area contributed by atoms with Gasteiger partial charge in [-0.3, -0.25) is 4.79 Å². The van der Waals surface area contributed by atoms with Gasteiger partial charge in [0.25, 0.3) is 0 Å². The summed E-state index contributed by atoms with van der Waals surface area (Å²) in [6, 6.07) is 9.37. The number of carbonyl (C=O) groups excluding carboxylic acids is 1. The first-order valence-electron chi connectivity index (χ1n) is 5.18. The van der Waals surface area contributed by atoms with Gasteiger partial charge in [0, 0.05) is 13.6 Å². The topological polar surface area (TPSA) is 40.5 Å². The Labute approximate surface area is 89.3 Å². The molecule has 1 aromatic carbocycles. The van der Waals surface area contributed by atoms with E-state index in [1.165, 1.54) is 0 Å². The van der Waals surface area contributed by atoms with Gasteiger partial charge < -0.3 is 10.0 Å². The van der Waals surface area contributed by atoms with Gasteiger partial charge in [-0.2, -0.15) is 0 Å². The summed E-state index contributed by atoms with van der Waals surface area (Å²) in [5.41, 5.74) is 0.825. The molecular formula is C12H15NO2. The van der Waals surface area contributed by atoms with Crippen molar-refractivity contribution in [2.75, 3.05) is 13.6 Å². The molecule has 0 bridgehead atoms. The molecule has 2 rings (SSSR count). The molecule has 0 unspecified atom stereocenters. The van der Waals surface area contributed by atoms with Crippen LogP contribution in [0.3, 0.4) is 0 Å². The zero-order valence-electron chi connectivity index (χ0n) is 8.76. The fraction of sp³-hybridized carbons (Fsp3) is 0.417. The molecule has 0 saturated carbocycles. The standard InChI is InChI=1S/C12H15NO2/c1-13-8-7-10(12(13)15)11(14)9-5-3-2-4-6-9/h2-6,10-11,14H,7-8H2,1H3/t10-,11-/m0/s1. The van der Waals surface area contributed by atoms with E-state index in [1.54, 1.807) is 11.9 Å². The minimum absolute atomic E-state index is 0.0475. The van der Waals surface area contributed by atoms with E-state index in [2.05, 4.69) is 0 Å². The predicted molar refractivity (Wildman–Crippen MR) is 57.1 cm³/mol. The summed E-state index contributed by atoms with van der Waals surface area (Å²) >= 11 is 0. The average Bonchev–Trinajstić information content (AvgIpc) is 2.60. The van der Waals surface area contributed by atoms with Crippen LogP contribution in [0.15, 0.2) is 30.3 Å². The number of hydrogen-bond donors (Lipinski definition) is 1. The molecule has 1 aliphatic rings. The Bertz CT molecular complexity index is 350. The highest BCUT2D eigenvalue weighted by Crippen LogP contribution is 2.30. The van der Waals surface area contributed by atoms with Crippen LogP contribution in [0.4, 0.5) is 0 Å². The molecule has 1 amide bonds. The van der Waals surface area contributed by atoms with Crippen LogP contribution >= 0.6 is 0 Å². The summed E-state index contributed by atoms with van der Waals surface area (Å²) in [7, 11) is 1.78. The Morgan fingerprint density at radius 1 is 1.40 bits per heavy atom. The van der Waals surface area contributed by atoms with Crippen molar-refractivity contribution >= 4 is 5.91 Å². The third-order valence-corrected chi connectivity index (χ3v) is 2.99. The predicted octanol–water partition coefficient (Wildman–Crippen LogP) is 1.20. The highest BCUT2D eigenvalue weighted by atomic mass is 16.3. The first-order chi connectivity index (χ1) is 7.20. The average molecular weight is 205 g/mol. The Morgan fingerprint density at radius 2 is 2.07 bits per heavy atom. The number of rotatable bonds is 2. The molecule has 3 heteroatoms. The Balaban J connectivity index is 2.16. The zero-order valence-corrected chi connectivity index (χ0v) is 8.76. The van der Waals surface area contributed by atoms with Crippen LogP contribution < -0.4 is 0 Å². The smallest absolute Gasteiger partial charge is 0.228 e. The molecule has 3 nitrogen and oxygen atoms in total. The molecule has 1 fully saturated rings. The number of aliphatic hydroxyl groups excluding tert-OH is 1. The Hall–Kier alpha value is -1.35. The van der Waals surface area contributed by atoms with Crippen molar-refractivity contribution in [2.45, 2.75) is 12.5 Å². The first-order valence-corrected chi connectivity index (χ1v) is 5.18. The van der Waals surface area contributed by atoms with Crippen LogP contribution in [0.2, 0.25) is 0 Å². The minimum atomic E-state index is -0.663. The van der Waals surface area contributed by atoms with Crippen molar-refractivity contribution in [3.05, 3.63) is 35.9 Å². The summed E-state index contributed by atoms with van der Waals surface area (Å²) < 4.78 is 0. The molecule has 0 radical (unpaired) electrons. The van der Waals surface area contributed by atoms with E-state index in [0.29, 0.717) is 0 Å². The van der Waals surface area contributed by atoms with Gasteiger partial charge in [-0.1, -0.05) is 30.3 Å². The molecule has 2 atom stereocenters. The van der Waals surface area contributed by atoms with E-state index in [0.717, 1.165) is 18.5 Å². The highest BCUT2D eigenvalue weighted by Gasteiger charge is 2.35. The quantitative estimate of drug-likeness (QED) is 0.788. The number of nitrogens with zero attached hydrogens (tertiary/aromatic N) is 1. The number of hydrogen-bond acceptors (Lipinski definition) is 2. The SMILES string of the molecule is CN1CC[C@@H]([C@@H](O)c2ccccc2)C1=O. The maximum Gasteiger partial charge on any atom is 0.228 e. The molecule has 0 aromatic heterocycles. The van der Waals surface area contributed by atoms with Crippen LogP contribution in [-0.2, 0) is 4.79 Å². The number of carbonyl (C=O) groups is 1. The lowest BCUT2D eigenvalue weighted by molar-refractivity contribution is -0.132. The third kappa shape index (κ3) is 1.88. The summed E-state index contributed by atoms with van der Waals surface area (Å²) in [6.07, 6.45) is 0.0782. The van der Waals surface area contributed by atoms with Crippen molar-refractivity contribution in [3.8, 4) is 0 Å². The van der Waals surface area contributed by atoms with Gasteiger partial charge in [-0.15, -0.1) is 0 Å². The largest absolute Gasteiger partial charge is 0.388 e. The van der Waals surface area contributed by atoms with Crippen LogP contribution in [0.25, 0.3) is 0 Å². The van der Waals surface area contributed by atoms with E-state index in [1.807, 2.05) is 30.3 Å². The van der Waals surface area contributed by atoms with Crippen molar-refractivity contribution < 1.29 is 9.90 Å². The lowest BCUT2D eigenvalue weighted by Crippen LogP contribution is -2.26. The molecule has 80 valence electrons. The fourth-order valence-corrected chi connectivity index (χ4v) is 2.02. The molecule has 0 aliphatic carbocycles. The second kappa shape index (κ2) is 4.03. The second-order valence-corrected chi connectivity index (χ2v) is 4.01. The second-order valence-electron chi connectivity index (χ2n) is 4.01. The van der Waals surface area contributed by atoms with Gasteiger partial charge in [-0.25, -0.2) is 0 Å². The first kappa shape index (κ1) is 10.2. The van der Waals surface area contributed by atoms with Gasteiger partial charge in [0.1, 0.15) is 0 Å². The highest BCUT2D eigenvalue weighted by molar-refractivity contribution is 5.81. The van der Waals surface area contributed by atoms with E-state index >= 15 is 0 Å². The molecule has 1 aromatic rings. The van der Waals surface area contributed by atoms with Gasteiger partial charge in [-0.05, 0) is 12.0 Å². The molecule has 1 N–H and O–H groups in total. The van der Waals surface area contributed by atoms with Crippen LogP contribution in [0.5, 0.6) is 0 Å². The zero-order chi connectivity index (χ0) is 10.8. The minimum Gasteiger partial charge on any atom is -0.388 e. The number of amides is 1. The van der Waals surface area contributed by atoms with Crippen LogP contribution in [0, 0.1) is 5.92 Å². The molecular weight excluding hydrogens is 190 g/mol. The molecule has 1 aliphatic heterocycles. The van der Waals surface area contributed by atoms with Gasteiger partial charge >= 0.3 is 0 Å². The van der Waals surface area contributed by atoms with Crippen molar-refractivity contribution in [2.24, 2.45) is 5.92 Å². The molecule has 1 saturated heterocycles. The Kier molecular flexibility index (Phi) is 2.73. The van der Waals surface area contributed by atoms with Gasteiger partial charge in [0.05, 0.1) is 12.0 Å². The summed E-state index contributed by atoms with van der Waals surface area (Å²) in [5.74, 6) is -0.219. The fourth-order valence-electron chi connectivity index (χ4n) is 2.02. The summed E-state index contributed by atoms with van der Waals surface area (Å²) in [5, 5.41) is 10.1. The van der Waals surface area contributed by atoms with E-state index in [9.17, 15) is 9.90 Å². The third-order valence-electron chi connectivity index (χ3n) is 2.99. The Morgan fingerprint density at radius 3 is 2.60 bits per heavy atom. The van der Waals surface area contributed by atoms with Crippen LogP contribution in [-0.4, -0.2) is 29.5 Å². The maximum atomic E-state index is 11.7. The molecule has 0 spiro atoms. The van der Waals surface area contributed by atoms with Gasteiger partial charge in [0.15, 0.2) is 0 Å². The maximum absolute atomic E-state index is 11.7. The molecule has 15 heavy (non-hydrogen) atoms. The van der Waals surface area contributed by atoms with Crippen molar-refractivity contribution in [1.29, 1.82) is 0 Å². The lowest BCUT2D eigenvalue weighted by atomic mass is 9.94. The van der Waals surface area contributed by atoms with E-state index in [-0.39, 0.29) is 11.8 Å². The molecule has 1 heterocycles. The van der Waals surface area contributed by atoms with Crippen molar-refractivity contribution in [1.82, 2.24) is 4.90 Å². The number of benzene rings is 1.